The van der Waals surface area contributed by atoms with Crippen molar-refractivity contribution in [3.8, 4) is 0 Å². The number of hydrogen-bond acceptors (Lipinski definition) is 3. The number of rotatable bonds is 4. The summed E-state index contributed by atoms with van der Waals surface area (Å²) in [6, 6.07) is 5.15. The number of aromatic amines is 1. The predicted octanol–water partition coefficient (Wildman–Crippen LogP) is 3.45. The molecule has 1 heterocycles. The van der Waals surface area contributed by atoms with Crippen LogP contribution in [0.3, 0.4) is 0 Å². The van der Waals surface area contributed by atoms with Crippen LogP contribution in [-0.4, -0.2) is 21.9 Å². The maximum absolute atomic E-state index is 11.6. The van der Waals surface area contributed by atoms with E-state index in [1.807, 2.05) is 0 Å². The van der Waals surface area contributed by atoms with Gasteiger partial charge in [0.05, 0.1) is 22.7 Å². The molecule has 0 unspecified atom stereocenters. The molecule has 0 atom stereocenters. The molecule has 0 saturated heterocycles. The molecule has 0 aliphatic heterocycles. The summed E-state index contributed by atoms with van der Waals surface area (Å²) in [5.41, 5.74) is 0.637. The Balaban J connectivity index is 1.91. The van der Waals surface area contributed by atoms with Crippen LogP contribution in [0.1, 0.15) is 0 Å². The lowest BCUT2D eigenvalue weighted by molar-refractivity contribution is -0.113. The SMILES string of the molecule is O=C(CSc1cc(Cl)ccc1Cl)Nc1cn[nH]c1. The van der Waals surface area contributed by atoms with Crippen molar-refractivity contribution in [2.75, 3.05) is 11.1 Å². The summed E-state index contributed by atoms with van der Waals surface area (Å²) in [6.07, 6.45) is 3.14. The average molecular weight is 302 g/mol. The van der Waals surface area contributed by atoms with Crippen LogP contribution in [0.15, 0.2) is 35.5 Å². The molecule has 0 aliphatic rings. The highest BCUT2D eigenvalue weighted by Crippen LogP contribution is 2.29. The van der Waals surface area contributed by atoms with Crippen molar-refractivity contribution < 1.29 is 4.79 Å². The third kappa shape index (κ3) is 3.66. The molecule has 0 spiro atoms. The van der Waals surface area contributed by atoms with Gasteiger partial charge in [0.25, 0.3) is 0 Å². The minimum absolute atomic E-state index is 0.127. The van der Waals surface area contributed by atoms with E-state index in [1.165, 1.54) is 18.0 Å². The minimum Gasteiger partial charge on any atom is -0.323 e. The molecule has 18 heavy (non-hydrogen) atoms. The molecule has 2 N–H and O–H groups in total. The highest BCUT2D eigenvalue weighted by Gasteiger charge is 2.07. The molecule has 1 aromatic heterocycles. The van der Waals surface area contributed by atoms with E-state index in [2.05, 4.69) is 15.5 Å². The second-order valence-corrected chi connectivity index (χ2v) is 5.26. The summed E-state index contributed by atoms with van der Waals surface area (Å²) in [6.45, 7) is 0. The van der Waals surface area contributed by atoms with E-state index >= 15 is 0 Å². The van der Waals surface area contributed by atoms with Crippen LogP contribution in [0, 0.1) is 0 Å². The number of carbonyl (C=O) groups excluding carboxylic acids is 1. The molecule has 0 fully saturated rings. The lowest BCUT2D eigenvalue weighted by Crippen LogP contribution is -2.13. The summed E-state index contributed by atoms with van der Waals surface area (Å²) < 4.78 is 0. The number of carbonyl (C=O) groups is 1. The topological polar surface area (TPSA) is 57.8 Å². The summed E-state index contributed by atoms with van der Waals surface area (Å²) in [7, 11) is 0. The van der Waals surface area contributed by atoms with E-state index in [1.54, 1.807) is 24.4 Å². The number of anilines is 1. The molecule has 0 bridgehead atoms. The van der Waals surface area contributed by atoms with Gasteiger partial charge in [0, 0.05) is 16.1 Å². The largest absolute Gasteiger partial charge is 0.323 e. The van der Waals surface area contributed by atoms with Crippen LogP contribution in [0.2, 0.25) is 10.0 Å². The second kappa shape index (κ2) is 6.13. The summed E-state index contributed by atoms with van der Waals surface area (Å²) >= 11 is 13.2. The maximum atomic E-state index is 11.6. The molecule has 0 saturated carbocycles. The van der Waals surface area contributed by atoms with Crippen LogP contribution in [-0.2, 0) is 4.79 Å². The molecular weight excluding hydrogens is 293 g/mol. The fourth-order valence-corrected chi connectivity index (χ4v) is 2.54. The van der Waals surface area contributed by atoms with Gasteiger partial charge in [-0.1, -0.05) is 23.2 Å². The minimum atomic E-state index is -0.127. The Morgan fingerprint density at radius 2 is 2.28 bits per heavy atom. The van der Waals surface area contributed by atoms with Crippen LogP contribution < -0.4 is 5.32 Å². The number of benzene rings is 1. The van der Waals surface area contributed by atoms with Crippen molar-refractivity contribution in [3.05, 3.63) is 40.6 Å². The Hall–Kier alpha value is -1.17. The number of aromatic nitrogens is 2. The average Bonchev–Trinajstić information content (AvgIpc) is 2.83. The lowest BCUT2D eigenvalue weighted by Gasteiger charge is -2.05. The number of H-pyrrole nitrogens is 1. The Kier molecular flexibility index (Phi) is 4.52. The third-order valence-electron chi connectivity index (χ3n) is 2.03. The molecule has 4 nitrogen and oxygen atoms in total. The van der Waals surface area contributed by atoms with Gasteiger partial charge in [-0.3, -0.25) is 9.89 Å². The van der Waals surface area contributed by atoms with Crippen molar-refractivity contribution in [3.63, 3.8) is 0 Å². The standard InChI is InChI=1S/C11H9Cl2N3OS/c12-7-1-2-9(13)10(3-7)18-6-11(17)16-8-4-14-15-5-8/h1-5H,6H2,(H,14,15)(H,16,17). The molecule has 0 aliphatic carbocycles. The van der Waals surface area contributed by atoms with Gasteiger partial charge >= 0.3 is 0 Å². The quantitative estimate of drug-likeness (QED) is 0.851. The molecule has 94 valence electrons. The van der Waals surface area contributed by atoms with Gasteiger partial charge in [0.2, 0.25) is 5.91 Å². The normalized spacial score (nSPS) is 10.3. The molecular formula is C11H9Cl2N3OS. The molecule has 0 radical (unpaired) electrons. The zero-order valence-corrected chi connectivity index (χ0v) is 11.4. The monoisotopic (exact) mass is 301 g/mol. The number of nitrogens with one attached hydrogen (secondary N) is 2. The van der Waals surface area contributed by atoms with Gasteiger partial charge in [0.15, 0.2) is 0 Å². The molecule has 2 rings (SSSR count). The van der Waals surface area contributed by atoms with Gasteiger partial charge in [0.1, 0.15) is 0 Å². The van der Waals surface area contributed by atoms with Gasteiger partial charge < -0.3 is 5.32 Å². The van der Waals surface area contributed by atoms with Crippen LogP contribution in [0.25, 0.3) is 0 Å². The van der Waals surface area contributed by atoms with E-state index in [-0.39, 0.29) is 11.7 Å². The number of amides is 1. The van der Waals surface area contributed by atoms with Crippen molar-refractivity contribution in [2.24, 2.45) is 0 Å². The molecule has 7 heteroatoms. The zero-order valence-electron chi connectivity index (χ0n) is 9.11. The fraction of sp³-hybridized carbons (Fsp3) is 0.0909. The van der Waals surface area contributed by atoms with Crippen molar-refractivity contribution in [2.45, 2.75) is 4.90 Å². The number of nitrogens with zero attached hydrogens (tertiary/aromatic N) is 1. The number of hydrogen-bond donors (Lipinski definition) is 2. The first kappa shape index (κ1) is 13.3. The Morgan fingerprint density at radius 1 is 1.44 bits per heavy atom. The third-order valence-corrected chi connectivity index (χ3v) is 3.77. The summed E-state index contributed by atoms with van der Waals surface area (Å²) in [5.74, 6) is 0.128. The zero-order chi connectivity index (χ0) is 13.0. The van der Waals surface area contributed by atoms with Crippen LogP contribution >= 0.6 is 35.0 Å². The lowest BCUT2D eigenvalue weighted by atomic mass is 10.4. The maximum Gasteiger partial charge on any atom is 0.234 e. The second-order valence-electron chi connectivity index (χ2n) is 3.40. The van der Waals surface area contributed by atoms with Gasteiger partial charge in [-0.15, -0.1) is 11.8 Å². The molecule has 2 aromatic rings. The Bertz CT molecular complexity index is 545. The van der Waals surface area contributed by atoms with Gasteiger partial charge in [-0.2, -0.15) is 5.10 Å². The first-order valence-corrected chi connectivity index (χ1v) is 6.76. The van der Waals surface area contributed by atoms with Gasteiger partial charge in [-0.05, 0) is 18.2 Å². The van der Waals surface area contributed by atoms with Crippen LogP contribution in [0.4, 0.5) is 5.69 Å². The van der Waals surface area contributed by atoms with Crippen LogP contribution in [0.5, 0.6) is 0 Å². The number of halogens is 2. The number of thioether (sulfide) groups is 1. The van der Waals surface area contributed by atoms with Gasteiger partial charge in [-0.25, -0.2) is 0 Å². The highest BCUT2D eigenvalue weighted by molar-refractivity contribution is 8.00. The summed E-state index contributed by atoms with van der Waals surface area (Å²) in [5, 5.41) is 10.2. The van der Waals surface area contributed by atoms with Crippen molar-refractivity contribution >= 4 is 46.6 Å². The molecule has 1 amide bonds. The van der Waals surface area contributed by atoms with E-state index < -0.39 is 0 Å². The van der Waals surface area contributed by atoms with E-state index in [0.29, 0.717) is 15.7 Å². The first-order valence-electron chi connectivity index (χ1n) is 5.01. The fourth-order valence-electron chi connectivity index (χ4n) is 1.25. The van der Waals surface area contributed by atoms with Crippen molar-refractivity contribution in [1.82, 2.24) is 10.2 Å². The van der Waals surface area contributed by atoms with Crippen molar-refractivity contribution in [1.29, 1.82) is 0 Å². The highest BCUT2D eigenvalue weighted by atomic mass is 35.5. The Labute approximate surface area is 118 Å². The van der Waals surface area contributed by atoms with E-state index in [4.69, 9.17) is 23.2 Å². The van der Waals surface area contributed by atoms with E-state index in [9.17, 15) is 4.79 Å². The summed E-state index contributed by atoms with van der Waals surface area (Å²) in [4.78, 5) is 12.4. The molecule has 1 aromatic carbocycles. The first-order chi connectivity index (χ1) is 8.65. The predicted molar refractivity (Wildman–Crippen MR) is 74.4 cm³/mol. The Morgan fingerprint density at radius 3 is 3.00 bits per heavy atom. The smallest absolute Gasteiger partial charge is 0.234 e. The van der Waals surface area contributed by atoms with E-state index in [0.717, 1.165) is 4.90 Å².